The van der Waals surface area contributed by atoms with Crippen LogP contribution < -0.4 is 10.2 Å². The molecular weight excluding hydrogens is 423 g/mol. The van der Waals surface area contributed by atoms with Crippen molar-refractivity contribution in [1.29, 1.82) is 0 Å². The Kier molecular flexibility index (Phi) is 4.99. The molecule has 1 aliphatic heterocycles. The third-order valence-corrected chi connectivity index (χ3v) is 6.57. The molecule has 0 fully saturated rings. The molecule has 1 atom stereocenters. The summed E-state index contributed by atoms with van der Waals surface area (Å²) in [7, 11) is 0. The van der Waals surface area contributed by atoms with E-state index in [0.29, 0.717) is 4.34 Å². The first-order valence-corrected chi connectivity index (χ1v) is 10.3. The van der Waals surface area contributed by atoms with Gasteiger partial charge in [-0.3, -0.25) is 14.5 Å². The first kappa shape index (κ1) is 19.7. The molecule has 1 aliphatic rings. The van der Waals surface area contributed by atoms with Gasteiger partial charge in [0.15, 0.2) is 4.34 Å². The number of hydrogen-bond acceptors (Lipinski definition) is 5. The lowest BCUT2D eigenvalue weighted by Crippen LogP contribution is -2.45. The van der Waals surface area contributed by atoms with E-state index >= 15 is 0 Å². The fourth-order valence-corrected chi connectivity index (χ4v) is 5.26. The number of hydrogen-bond donors (Lipinski definition) is 1. The molecule has 0 radical (unpaired) electrons. The molecule has 1 aromatic heterocycles. The number of alkyl halides is 3. The van der Waals surface area contributed by atoms with Gasteiger partial charge in [0.2, 0.25) is 11.8 Å². The van der Waals surface area contributed by atoms with Gasteiger partial charge < -0.3 is 5.32 Å². The summed E-state index contributed by atoms with van der Waals surface area (Å²) in [6.45, 7) is 1.44. The molecule has 5 nitrogen and oxygen atoms in total. The Morgan fingerprint density at radius 1 is 1.28 bits per heavy atom. The molecule has 3 aromatic rings. The van der Waals surface area contributed by atoms with Gasteiger partial charge >= 0.3 is 6.18 Å². The minimum absolute atomic E-state index is 0.0263. The van der Waals surface area contributed by atoms with Crippen LogP contribution in [0.2, 0.25) is 0 Å². The van der Waals surface area contributed by atoms with Gasteiger partial charge in [0.1, 0.15) is 6.54 Å². The number of carbonyl (C=O) groups excluding carboxylic acids is 2. The van der Waals surface area contributed by atoms with Gasteiger partial charge in [-0.05, 0) is 37.3 Å². The molecule has 2 amide bonds. The normalized spacial score (nSPS) is 15.2. The van der Waals surface area contributed by atoms with Crippen molar-refractivity contribution in [3.8, 4) is 0 Å². The van der Waals surface area contributed by atoms with Crippen molar-refractivity contribution in [2.24, 2.45) is 0 Å². The van der Waals surface area contributed by atoms with Crippen LogP contribution in [0.25, 0.3) is 10.2 Å². The summed E-state index contributed by atoms with van der Waals surface area (Å²) in [5, 5.41) is 1.84. The minimum Gasteiger partial charge on any atom is -0.323 e. The number of aromatic nitrogens is 1. The Morgan fingerprint density at radius 2 is 2.03 bits per heavy atom. The summed E-state index contributed by atoms with van der Waals surface area (Å²) in [5.74, 6) is -0.910. The largest absolute Gasteiger partial charge is 0.416 e. The van der Waals surface area contributed by atoms with Gasteiger partial charge in [-0.25, -0.2) is 4.98 Å². The standard InChI is InChI=1S/C19H14F3N3O2S2/c1-10(28-18-24-12-4-2-3-5-15(12)29-18)17(27)25-9-16(26)23-13-8-11(19(20,21)22)6-7-14(13)25/h2-8,10H,9H2,1H3,(H,23,26). The highest BCUT2D eigenvalue weighted by molar-refractivity contribution is 8.02. The molecule has 1 unspecified atom stereocenters. The van der Waals surface area contributed by atoms with Crippen molar-refractivity contribution < 1.29 is 22.8 Å². The average molecular weight is 437 g/mol. The van der Waals surface area contributed by atoms with Gasteiger partial charge in [-0.1, -0.05) is 23.9 Å². The molecule has 2 heterocycles. The average Bonchev–Trinajstić information content (AvgIpc) is 3.07. The number of thiazole rings is 1. The second-order valence-corrected chi connectivity index (χ2v) is 9.03. The lowest BCUT2D eigenvalue weighted by Gasteiger charge is -2.31. The molecular formula is C19H14F3N3O2S2. The number of amides is 2. The third kappa shape index (κ3) is 3.95. The van der Waals surface area contributed by atoms with Crippen molar-refractivity contribution in [1.82, 2.24) is 4.98 Å². The number of nitrogens with zero attached hydrogens (tertiary/aromatic N) is 2. The van der Waals surface area contributed by atoms with Crippen LogP contribution in [0.1, 0.15) is 12.5 Å². The molecule has 150 valence electrons. The van der Waals surface area contributed by atoms with Gasteiger partial charge in [0.25, 0.3) is 0 Å². The van der Waals surface area contributed by atoms with Crippen molar-refractivity contribution in [3.05, 3.63) is 48.0 Å². The molecule has 0 saturated carbocycles. The van der Waals surface area contributed by atoms with Crippen LogP contribution in [0.4, 0.5) is 24.5 Å². The van der Waals surface area contributed by atoms with Crippen molar-refractivity contribution in [2.75, 3.05) is 16.8 Å². The highest BCUT2D eigenvalue weighted by Gasteiger charge is 2.35. The number of nitrogens with one attached hydrogen (secondary N) is 1. The second kappa shape index (κ2) is 7.34. The Bertz CT molecular complexity index is 1080. The Labute approximate surface area is 171 Å². The van der Waals surface area contributed by atoms with E-state index in [9.17, 15) is 22.8 Å². The fourth-order valence-electron chi connectivity index (χ4n) is 2.99. The van der Waals surface area contributed by atoms with E-state index < -0.39 is 22.9 Å². The molecule has 29 heavy (non-hydrogen) atoms. The van der Waals surface area contributed by atoms with Crippen molar-refractivity contribution in [3.63, 3.8) is 0 Å². The fraction of sp³-hybridized carbons (Fsp3) is 0.211. The molecule has 0 saturated heterocycles. The number of fused-ring (bicyclic) bond motifs is 2. The predicted molar refractivity (Wildman–Crippen MR) is 107 cm³/mol. The quantitative estimate of drug-likeness (QED) is 0.599. The third-order valence-electron chi connectivity index (χ3n) is 4.36. The molecule has 4 rings (SSSR count). The van der Waals surface area contributed by atoms with E-state index in [2.05, 4.69) is 10.3 Å². The van der Waals surface area contributed by atoms with Crippen LogP contribution >= 0.6 is 23.1 Å². The van der Waals surface area contributed by atoms with Gasteiger partial charge in [0.05, 0.1) is 32.4 Å². The maximum atomic E-state index is 13.0. The van der Waals surface area contributed by atoms with Gasteiger partial charge in [0, 0.05) is 0 Å². The smallest absolute Gasteiger partial charge is 0.323 e. The zero-order valence-electron chi connectivity index (χ0n) is 15.0. The van der Waals surface area contributed by atoms with Crippen LogP contribution in [-0.2, 0) is 15.8 Å². The first-order valence-electron chi connectivity index (χ1n) is 8.57. The lowest BCUT2D eigenvalue weighted by molar-refractivity contribution is -0.137. The lowest BCUT2D eigenvalue weighted by atomic mass is 10.1. The molecule has 2 aromatic carbocycles. The number of carbonyl (C=O) groups is 2. The summed E-state index contributed by atoms with van der Waals surface area (Å²) in [6, 6.07) is 10.6. The maximum Gasteiger partial charge on any atom is 0.416 e. The number of thioether (sulfide) groups is 1. The maximum absolute atomic E-state index is 13.0. The molecule has 1 N–H and O–H groups in total. The molecule has 10 heteroatoms. The van der Waals surface area contributed by atoms with Crippen LogP contribution in [0.3, 0.4) is 0 Å². The molecule has 0 bridgehead atoms. The van der Waals surface area contributed by atoms with E-state index in [1.165, 1.54) is 34.1 Å². The first-order chi connectivity index (χ1) is 13.7. The van der Waals surface area contributed by atoms with Gasteiger partial charge in [-0.2, -0.15) is 13.2 Å². The van der Waals surface area contributed by atoms with Gasteiger partial charge in [-0.15, -0.1) is 11.3 Å². The van der Waals surface area contributed by atoms with E-state index in [0.717, 1.165) is 22.3 Å². The zero-order chi connectivity index (χ0) is 20.8. The summed E-state index contributed by atoms with van der Waals surface area (Å²) in [5.41, 5.74) is 0.172. The van der Waals surface area contributed by atoms with Crippen LogP contribution in [0.15, 0.2) is 46.8 Å². The van der Waals surface area contributed by atoms with Crippen LogP contribution in [-0.4, -0.2) is 28.6 Å². The number of para-hydroxylation sites is 1. The summed E-state index contributed by atoms with van der Waals surface area (Å²) in [6.07, 6.45) is -4.54. The Balaban J connectivity index is 1.59. The number of anilines is 2. The predicted octanol–water partition coefficient (Wildman–Crippen LogP) is 4.78. The summed E-state index contributed by atoms with van der Waals surface area (Å²) in [4.78, 5) is 30.7. The van der Waals surface area contributed by atoms with E-state index in [4.69, 9.17) is 0 Å². The summed E-state index contributed by atoms with van der Waals surface area (Å²) < 4.78 is 40.6. The number of rotatable bonds is 3. The van der Waals surface area contributed by atoms with E-state index in [1.54, 1.807) is 6.92 Å². The van der Waals surface area contributed by atoms with Crippen LogP contribution in [0, 0.1) is 0 Å². The number of halogens is 3. The zero-order valence-corrected chi connectivity index (χ0v) is 16.6. The Hall–Kier alpha value is -2.59. The Morgan fingerprint density at radius 3 is 2.76 bits per heavy atom. The number of benzene rings is 2. The summed E-state index contributed by atoms with van der Waals surface area (Å²) >= 11 is 2.72. The molecule has 0 spiro atoms. The van der Waals surface area contributed by atoms with Crippen LogP contribution in [0.5, 0.6) is 0 Å². The monoisotopic (exact) mass is 437 g/mol. The highest BCUT2D eigenvalue weighted by atomic mass is 32.2. The minimum atomic E-state index is -4.54. The van der Waals surface area contributed by atoms with Crippen molar-refractivity contribution in [2.45, 2.75) is 22.7 Å². The highest BCUT2D eigenvalue weighted by Crippen LogP contribution is 2.38. The van der Waals surface area contributed by atoms with Crippen molar-refractivity contribution >= 4 is 56.5 Å². The topological polar surface area (TPSA) is 62.3 Å². The second-order valence-electron chi connectivity index (χ2n) is 6.41. The SMILES string of the molecule is CC(Sc1nc2ccccc2s1)C(=O)N1CC(=O)Nc2cc(C(F)(F)F)ccc21. The van der Waals surface area contributed by atoms with E-state index in [1.807, 2.05) is 24.3 Å². The molecule has 0 aliphatic carbocycles. The van der Waals surface area contributed by atoms with E-state index in [-0.39, 0.29) is 23.8 Å².